The summed E-state index contributed by atoms with van der Waals surface area (Å²) < 4.78 is 33.0. The number of unbranched alkanes of at least 4 members (excludes halogenated alkanes) is 13. The molecule has 0 aliphatic rings. The Labute approximate surface area is 311 Å². The number of phosphoric acid groups is 1. The third-order valence-corrected chi connectivity index (χ3v) is 9.04. The molecule has 0 aliphatic heterocycles. The van der Waals surface area contributed by atoms with E-state index in [2.05, 4.69) is 50.3 Å². The molecule has 0 amide bonds. The van der Waals surface area contributed by atoms with Gasteiger partial charge in [-0.15, -0.1) is 0 Å². The minimum atomic E-state index is -4.31. The van der Waals surface area contributed by atoms with E-state index in [0.717, 1.165) is 57.8 Å². The third-order valence-electron chi connectivity index (χ3n) is 8.06. The lowest BCUT2D eigenvalue weighted by Crippen LogP contribution is -2.27. The summed E-state index contributed by atoms with van der Waals surface area (Å²) in [5.74, 6) is -0.421. The lowest BCUT2D eigenvalue weighted by atomic mass is 10.0. The molecule has 0 aromatic heterocycles. The Hall–Kier alpha value is -2.00. The number of rotatable bonds is 37. The fraction of sp³-hybridized carbons (Fsp3) is 0.732. The highest BCUT2D eigenvalue weighted by Gasteiger charge is 2.25. The quantitative estimate of drug-likeness (QED) is 0.0187. The number of hydrogen-bond donors (Lipinski definition) is 3. The van der Waals surface area contributed by atoms with Crippen LogP contribution in [0.25, 0.3) is 0 Å². The number of ether oxygens (including phenoxy) is 2. The Morgan fingerprint density at radius 1 is 0.686 bits per heavy atom. The van der Waals surface area contributed by atoms with Crippen molar-refractivity contribution in [2.24, 2.45) is 5.73 Å². The molecule has 0 saturated heterocycles. The van der Waals surface area contributed by atoms with Crippen molar-refractivity contribution in [2.75, 3.05) is 26.4 Å². The van der Waals surface area contributed by atoms with E-state index in [-0.39, 0.29) is 38.9 Å². The van der Waals surface area contributed by atoms with Crippen molar-refractivity contribution >= 4 is 13.8 Å². The monoisotopic (exact) mass is 740 g/mol. The van der Waals surface area contributed by atoms with Crippen molar-refractivity contribution < 1.29 is 37.9 Å². The normalized spacial score (nSPS) is 14.8. The number of esters is 1. The molecule has 4 N–H and O–H groups in total. The van der Waals surface area contributed by atoms with Gasteiger partial charge in [0.25, 0.3) is 0 Å². The number of nitrogens with two attached hydrogens (primary N) is 1. The molecular weight excluding hydrogens is 665 g/mol. The van der Waals surface area contributed by atoms with Crippen LogP contribution in [0.1, 0.15) is 155 Å². The summed E-state index contributed by atoms with van der Waals surface area (Å²) in [6.45, 7) is 3.95. The van der Waals surface area contributed by atoms with Gasteiger partial charge in [0.2, 0.25) is 0 Å². The molecule has 9 nitrogen and oxygen atoms in total. The van der Waals surface area contributed by atoms with Crippen molar-refractivity contribution in [1.82, 2.24) is 0 Å². The highest BCUT2D eigenvalue weighted by atomic mass is 31.2. The van der Waals surface area contributed by atoms with Gasteiger partial charge in [0.05, 0.1) is 25.6 Å². The Morgan fingerprint density at radius 2 is 1.24 bits per heavy atom. The van der Waals surface area contributed by atoms with Crippen molar-refractivity contribution in [3.63, 3.8) is 0 Å². The largest absolute Gasteiger partial charge is 0.498 e. The van der Waals surface area contributed by atoms with E-state index in [0.29, 0.717) is 6.42 Å². The van der Waals surface area contributed by atoms with Crippen LogP contribution in [0.2, 0.25) is 0 Å². The van der Waals surface area contributed by atoms with Gasteiger partial charge in [-0.05, 0) is 63.9 Å². The second kappa shape index (κ2) is 37.7. The summed E-state index contributed by atoms with van der Waals surface area (Å²) in [4.78, 5) is 22.4. The van der Waals surface area contributed by atoms with Crippen LogP contribution in [0.15, 0.2) is 60.9 Å². The zero-order valence-electron chi connectivity index (χ0n) is 32.2. The second-order valence-corrected chi connectivity index (χ2v) is 14.5. The van der Waals surface area contributed by atoms with Crippen LogP contribution < -0.4 is 5.73 Å². The van der Waals surface area contributed by atoms with E-state index in [1.807, 2.05) is 18.2 Å². The van der Waals surface area contributed by atoms with Crippen molar-refractivity contribution in [3.05, 3.63) is 60.9 Å². The maximum atomic E-state index is 12.5. The minimum Gasteiger partial charge on any atom is -0.498 e. The van der Waals surface area contributed by atoms with Crippen LogP contribution in [0, 0.1) is 0 Å². The number of aliphatic hydroxyl groups is 1. The number of carbonyl (C=O) groups excluding carboxylic acids is 1. The Kier molecular flexibility index (Phi) is 36.3. The van der Waals surface area contributed by atoms with Gasteiger partial charge in [0.1, 0.15) is 6.61 Å². The molecule has 3 atom stereocenters. The van der Waals surface area contributed by atoms with Gasteiger partial charge in [-0.25, -0.2) is 4.57 Å². The Bertz CT molecular complexity index is 981. The third kappa shape index (κ3) is 37.6. The van der Waals surface area contributed by atoms with Crippen molar-refractivity contribution in [2.45, 2.75) is 167 Å². The maximum absolute atomic E-state index is 12.5. The molecule has 296 valence electrons. The molecule has 2 unspecified atom stereocenters. The zero-order chi connectivity index (χ0) is 37.5. The van der Waals surface area contributed by atoms with Crippen LogP contribution in [-0.2, 0) is 27.9 Å². The molecule has 0 rings (SSSR count). The highest BCUT2D eigenvalue weighted by molar-refractivity contribution is 7.47. The number of hydrogen-bond acceptors (Lipinski definition) is 8. The zero-order valence-corrected chi connectivity index (χ0v) is 33.1. The first kappa shape index (κ1) is 49.0. The topological polar surface area (TPSA) is 138 Å². The molecule has 0 aromatic rings. The van der Waals surface area contributed by atoms with Crippen LogP contribution in [0.4, 0.5) is 0 Å². The second-order valence-electron chi connectivity index (χ2n) is 13.0. The van der Waals surface area contributed by atoms with Crippen LogP contribution in [0.3, 0.4) is 0 Å². The molecule has 0 aromatic carbocycles. The maximum Gasteiger partial charge on any atom is 0.472 e. The van der Waals surface area contributed by atoms with Gasteiger partial charge in [0, 0.05) is 13.0 Å². The summed E-state index contributed by atoms with van der Waals surface area (Å²) in [7, 11) is -4.31. The first-order valence-corrected chi connectivity index (χ1v) is 21.4. The van der Waals surface area contributed by atoms with E-state index in [1.54, 1.807) is 6.26 Å². The van der Waals surface area contributed by atoms with Crippen LogP contribution in [-0.4, -0.2) is 54.5 Å². The number of carbonyl (C=O) groups is 1. The van der Waals surface area contributed by atoms with E-state index in [9.17, 15) is 19.4 Å². The standard InChI is InChI=1S/C41H74NO8P/c1-3-5-6-7-8-9-10-11-15-18-21-24-27-30-35-47-37-40(38-49-51(45,46)48-36-34-42)50-41(44)33-29-26-23-20-17-14-12-13-16-19-22-25-28-32-39(43)31-4-2/h12,14,16,19-20,23,25,28,30,35,39-40,43H,3-11,13,15,17-18,21-22,24,26-27,29,31-34,36-38,42H2,1-2H3,(H,45,46)/b14-12-,19-16-,23-20-,28-25-,35-30+/t39?,40-/m1/s1. The summed E-state index contributed by atoms with van der Waals surface area (Å²) >= 11 is 0. The first-order valence-electron chi connectivity index (χ1n) is 19.9. The highest BCUT2D eigenvalue weighted by Crippen LogP contribution is 2.43. The van der Waals surface area contributed by atoms with E-state index in [1.165, 1.54) is 70.6 Å². The van der Waals surface area contributed by atoms with Gasteiger partial charge in [-0.3, -0.25) is 13.8 Å². The van der Waals surface area contributed by atoms with Gasteiger partial charge in [-0.1, -0.05) is 140 Å². The molecule has 0 radical (unpaired) electrons. The molecule has 0 bridgehead atoms. The summed E-state index contributed by atoms with van der Waals surface area (Å²) in [6.07, 6.45) is 42.5. The SMILES string of the molecule is CCCCCCCCCCCCCC/C=C/OC[C@H](COP(=O)(O)OCCN)OC(=O)CCC/C=C\C/C=C\C/C=C\C/C=C\CC(O)CCC. The molecule has 10 heteroatoms. The Balaban J connectivity index is 4.27. The van der Waals surface area contributed by atoms with Crippen molar-refractivity contribution in [3.8, 4) is 0 Å². The fourth-order valence-electron chi connectivity index (χ4n) is 5.15. The van der Waals surface area contributed by atoms with Gasteiger partial charge in [-0.2, -0.15) is 0 Å². The first-order chi connectivity index (χ1) is 24.8. The molecular formula is C41H74NO8P. The summed E-state index contributed by atoms with van der Waals surface area (Å²) in [5.41, 5.74) is 5.34. The number of phosphoric ester groups is 1. The minimum absolute atomic E-state index is 0.00111. The van der Waals surface area contributed by atoms with Gasteiger partial charge < -0.3 is 25.2 Å². The van der Waals surface area contributed by atoms with E-state index in [4.69, 9.17) is 24.3 Å². The number of allylic oxidation sites excluding steroid dienone is 8. The lowest BCUT2D eigenvalue weighted by molar-refractivity contribution is -0.153. The summed E-state index contributed by atoms with van der Waals surface area (Å²) in [6, 6.07) is 0. The Morgan fingerprint density at radius 3 is 1.82 bits per heavy atom. The lowest BCUT2D eigenvalue weighted by Gasteiger charge is -2.19. The summed E-state index contributed by atoms with van der Waals surface area (Å²) in [5, 5.41) is 9.71. The number of aliphatic hydroxyl groups excluding tert-OH is 1. The average Bonchev–Trinajstić information content (AvgIpc) is 3.11. The average molecular weight is 740 g/mol. The smallest absolute Gasteiger partial charge is 0.472 e. The van der Waals surface area contributed by atoms with Gasteiger partial charge in [0.15, 0.2) is 6.10 Å². The molecule has 0 saturated carbocycles. The van der Waals surface area contributed by atoms with E-state index >= 15 is 0 Å². The van der Waals surface area contributed by atoms with Crippen molar-refractivity contribution in [1.29, 1.82) is 0 Å². The van der Waals surface area contributed by atoms with Gasteiger partial charge >= 0.3 is 13.8 Å². The van der Waals surface area contributed by atoms with E-state index < -0.39 is 19.9 Å². The molecule has 51 heavy (non-hydrogen) atoms. The van der Waals surface area contributed by atoms with Crippen LogP contribution >= 0.6 is 7.82 Å². The fourth-order valence-corrected chi connectivity index (χ4v) is 5.91. The molecule has 0 spiro atoms. The molecule has 0 fully saturated rings. The van der Waals surface area contributed by atoms with Crippen LogP contribution in [0.5, 0.6) is 0 Å². The molecule has 0 heterocycles. The predicted molar refractivity (Wildman–Crippen MR) is 211 cm³/mol. The molecule has 0 aliphatic carbocycles. The predicted octanol–water partition coefficient (Wildman–Crippen LogP) is 10.7.